The molecule has 0 aliphatic carbocycles. The molecule has 2 heterocycles. The van der Waals surface area contributed by atoms with E-state index in [1.165, 1.54) is 11.1 Å². The van der Waals surface area contributed by atoms with Crippen molar-refractivity contribution in [2.24, 2.45) is 4.99 Å². The number of rotatable bonds is 4. The van der Waals surface area contributed by atoms with Crippen LogP contribution in [0.3, 0.4) is 0 Å². The number of hydrogen-bond acceptors (Lipinski definition) is 4. The Balaban J connectivity index is 1.70. The Hall–Kier alpha value is -1.63. The van der Waals surface area contributed by atoms with Crippen molar-refractivity contribution in [1.29, 1.82) is 0 Å². The molecule has 2 saturated heterocycles. The van der Waals surface area contributed by atoms with E-state index in [1.807, 2.05) is 0 Å². The number of aliphatic imine (C=N–C) groups is 1. The zero-order chi connectivity index (χ0) is 18.4. The van der Waals surface area contributed by atoms with Crippen molar-refractivity contribution >= 4 is 5.96 Å². The van der Waals surface area contributed by atoms with Crippen LogP contribution in [0.25, 0.3) is 0 Å². The van der Waals surface area contributed by atoms with Crippen molar-refractivity contribution in [2.75, 3.05) is 46.0 Å². The average molecular weight is 361 g/mol. The summed E-state index contributed by atoms with van der Waals surface area (Å²) in [5, 5.41) is 14.1. The van der Waals surface area contributed by atoms with E-state index >= 15 is 0 Å². The van der Waals surface area contributed by atoms with Crippen molar-refractivity contribution in [1.82, 2.24) is 10.2 Å². The molecule has 1 unspecified atom stereocenters. The Morgan fingerprint density at radius 1 is 1.31 bits per heavy atom. The minimum absolute atomic E-state index is 0.0416. The van der Waals surface area contributed by atoms with Gasteiger partial charge in [0.2, 0.25) is 0 Å². The number of aliphatic hydroxyl groups is 1. The topological polar surface area (TPSA) is 66.3 Å². The first-order chi connectivity index (χ1) is 12.6. The fourth-order valence-electron chi connectivity index (χ4n) is 3.54. The van der Waals surface area contributed by atoms with E-state index in [4.69, 9.17) is 14.5 Å². The van der Waals surface area contributed by atoms with E-state index < -0.39 is 5.60 Å². The molecule has 1 aromatic rings. The summed E-state index contributed by atoms with van der Waals surface area (Å²) in [6.45, 7) is 8.84. The van der Waals surface area contributed by atoms with Crippen LogP contribution in [-0.2, 0) is 9.47 Å². The second-order valence-electron chi connectivity index (χ2n) is 7.17. The Labute approximate surface area is 156 Å². The Morgan fingerprint density at radius 2 is 2.08 bits per heavy atom. The molecule has 1 aromatic carbocycles. The van der Waals surface area contributed by atoms with Gasteiger partial charge in [0.05, 0.1) is 25.3 Å². The monoisotopic (exact) mass is 361 g/mol. The van der Waals surface area contributed by atoms with Gasteiger partial charge in [-0.2, -0.15) is 0 Å². The second kappa shape index (κ2) is 8.84. The van der Waals surface area contributed by atoms with Crippen molar-refractivity contribution in [3.05, 3.63) is 35.4 Å². The van der Waals surface area contributed by atoms with Gasteiger partial charge >= 0.3 is 0 Å². The van der Waals surface area contributed by atoms with E-state index in [2.05, 4.69) is 48.3 Å². The number of ether oxygens (including phenoxy) is 2. The zero-order valence-electron chi connectivity index (χ0n) is 15.9. The summed E-state index contributed by atoms with van der Waals surface area (Å²) in [6.07, 6.45) is 1.33. The van der Waals surface area contributed by atoms with Gasteiger partial charge in [0.15, 0.2) is 5.96 Å². The van der Waals surface area contributed by atoms with Crippen LogP contribution < -0.4 is 5.32 Å². The van der Waals surface area contributed by atoms with Gasteiger partial charge in [0.25, 0.3) is 0 Å². The van der Waals surface area contributed by atoms with Crippen LogP contribution >= 0.6 is 0 Å². The number of hydrogen-bond donors (Lipinski definition) is 2. The normalized spacial score (nSPS) is 23.7. The first-order valence-electron chi connectivity index (χ1n) is 9.62. The molecule has 0 amide bonds. The summed E-state index contributed by atoms with van der Waals surface area (Å²) in [7, 11) is 0. The summed E-state index contributed by atoms with van der Waals surface area (Å²) in [5.41, 5.74) is 1.73. The van der Waals surface area contributed by atoms with E-state index in [-0.39, 0.29) is 6.10 Å². The van der Waals surface area contributed by atoms with E-state index in [0.717, 1.165) is 25.6 Å². The second-order valence-corrected chi connectivity index (χ2v) is 7.17. The maximum Gasteiger partial charge on any atom is 0.194 e. The van der Waals surface area contributed by atoms with Crippen LogP contribution in [0.15, 0.2) is 29.3 Å². The minimum atomic E-state index is -0.749. The number of nitrogens with one attached hydrogen (secondary N) is 1. The molecule has 2 aliphatic heterocycles. The van der Waals surface area contributed by atoms with Crippen LogP contribution in [0.4, 0.5) is 0 Å². The summed E-state index contributed by atoms with van der Waals surface area (Å²) in [5.74, 6) is 0.856. The molecule has 2 N–H and O–H groups in total. The number of guanidine groups is 1. The lowest BCUT2D eigenvalue weighted by atomic mass is 9.95. The Morgan fingerprint density at radius 3 is 2.81 bits per heavy atom. The smallest absolute Gasteiger partial charge is 0.194 e. The molecule has 6 heteroatoms. The van der Waals surface area contributed by atoms with Crippen LogP contribution in [0, 0.1) is 6.92 Å². The summed E-state index contributed by atoms with van der Waals surface area (Å²) < 4.78 is 11.4. The highest BCUT2D eigenvalue weighted by molar-refractivity contribution is 5.80. The van der Waals surface area contributed by atoms with E-state index in [0.29, 0.717) is 39.2 Å². The van der Waals surface area contributed by atoms with E-state index in [9.17, 15) is 5.11 Å². The summed E-state index contributed by atoms with van der Waals surface area (Å²) in [6, 6.07) is 8.38. The highest BCUT2D eigenvalue weighted by Gasteiger charge is 2.31. The van der Waals surface area contributed by atoms with Gasteiger partial charge in [0.1, 0.15) is 6.10 Å². The van der Waals surface area contributed by atoms with Crippen molar-refractivity contribution < 1.29 is 14.6 Å². The lowest BCUT2D eigenvalue weighted by Crippen LogP contribution is -2.49. The lowest BCUT2D eigenvalue weighted by molar-refractivity contribution is -0.0568. The largest absolute Gasteiger partial charge is 0.388 e. The van der Waals surface area contributed by atoms with Gasteiger partial charge < -0.3 is 24.8 Å². The predicted molar refractivity (Wildman–Crippen MR) is 102 cm³/mol. The van der Waals surface area contributed by atoms with Gasteiger partial charge in [-0.25, -0.2) is 0 Å². The van der Waals surface area contributed by atoms with Crippen molar-refractivity contribution in [3.63, 3.8) is 0 Å². The molecule has 2 fully saturated rings. The molecule has 3 rings (SSSR count). The number of aryl methyl sites for hydroxylation is 1. The molecule has 26 heavy (non-hydrogen) atoms. The number of nitrogens with zero attached hydrogens (tertiary/aromatic N) is 2. The Bertz CT molecular complexity index is 614. The standard InChI is InChI=1S/C20H31N3O3/c1-3-21-19(22-15-20(24)8-11-25-12-9-20)23-10-13-26-18(14-23)17-7-5-4-6-16(17)2/h4-7,18,24H,3,8-15H2,1-2H3,(H,21,22). The fraction of sp³-hybridized carbons (Fsp3) is 0.650. The number of benzene rings is 1. The van der Waals surface area contributed by atoms with Gasteiger partial charge in [-0.3, -0.25) is 4.99 Å². The quantitative estimate of drug-likeness (QED) is 0.633. The molecule has 0 spiro atoms. The van der Waals surface area contributed by atoms with Crippen LogP contribution in [0.1, 0.15) is 37.0 Å². The molecule has 1 atom stereocenters. The first-order valence-corrected chi connectivity index (χ1v) is 9.62. The van der Waals surface area contributed by atoms with Gasteiger partial charge in [-0.15, -0.1) is 0 Å². The minimum Gasteiger partial charge on any atom is -0.388 e. The molecule has 6 nitrogen and oxygen atoms in total. The van der Waals surface area contributed by atoms with Gasteiger partial charge in [0, 0.05) is 39.1 Å². The third-order valence-electron chi connectivity index (χ3n) is 5.18. The summed E-state index contributed by atoms with van der Waals surface area (Å²) in [4.78, 5) is 7.00. The van der Waals surface area contributed by atoms with Crippen molar-refractivity contribution in [3.8, 4) is 0 Å². The highest BCUT2D eigenvalue weighted by Crippen LogP contribution is 2.25. The molecule has 0 radical (unpaired) electrons. The fourth-order valence-corrected chi connectivity index (χ4v) is 3.54. The van der Waals surface area contributed by atoms with E-state index in [1.54, 1.807) is 0 Å². The van der Waals surface area contributed by atoms with Crippen molar-refractivity contribution in [2.45, 2.75) is 38.4 Å². The first kappa shape index (κ1) is 19.1. The molecule has 2 aliphatic rings. The van der Waals surface area contributed by atoms with Crippen LogP contribution in [0.5, 0.6) is 0 Å². The Kier molecular flexibility index (Phi) is 6.51. The predicted octanol–water partition coefficient (Wildman–Crippen LogP) is 1.88. The average Bonchev–Trinajstić information content (AvgIpc) is 2.66. The highest BCUT2D eigenvalue weighted by atomic mass is 16.5. The molecule has 144 valence electrons. The lowest BCUT2D eigenvalue weighted by Gasteiger charge is -2.36. The third-order valence-corrected chi connectivity index (χ3v) is 5.18. The summed E-state index contributed by atoms with van der Waals surface area (Å²) >= 11 is 0. The van der Waals surface area contributed by atoms with Gasteiger partial charge in [-0.1, -0.05) is 24.3 Å². The van der Waals surface area contributed by atoms with Crippen LogP contribution in [-0.4, -0.2) is 67.6 Å². The molecular formula is C20H31N3O3. The number of morpholine rings is 1. The maximum absolute atomic E-state index is 10.7. The van der Waals surface area contributed by atoms with Crippen LogP contribution in [0.2, 0.25) is 0 Å². The maximum atomic E-state index is 10.7. The SMILES string of the molecule is CCNC(=NCC1(O)CCOCC1)N1CCOC(c2ccccc2C)C1. The molecular weight excluding hydrogens is 330 g/mol. The third kappa shape index (κ3) is 4.75. The zero-order valence-corrected chi connectivity index (χ0v) is 15.9. The molecule has 0 bridgehead atoms. The molecule has 0 saturated carbocycles. The van der Waals surface area contributed by atoms with Gasteiger partial charge in [-0.05, 0) is 25.0 Å². The molecule has 0 aromatic heterocycles.